The number of carbonyl (C=O) groups is 1. The molecule has 1 heterocycles. The monoisotopic (exact) mass is 444 g/mol. The molecule has 5 rings (SSSR count). The molecule has 1 unspecified atom stereocenters. The lowest BCUT2D eigenvalue weighted by atomic mass is 9.93. The van der Waals surface area contributed by atoms with E-state index in [-0.39, 0.29) is 0 Å². The fourth-order valence-corrected chi connectivity index (χ4v) is 5.10. The summed E-state index contributed by atoms with van der Waals surface area (Å²) < 4.78 is 0. The van der Waals surface area contributed by atoms with E-state index in [9.17, 15) is 4.79 Å². The normalized spacial score (nSPS) is 17.6. The third kappa shape index (κ3) is 6.10. The maximum atomic E-state index is 9.17. The van der Waals surface area contributed by atoms with Crippen molar-refractivity contribution in [3.05, 3.63) is 81.4 Å². The van der Waals surface area contributed by atoms with Gasteiger partial charge < -0.3 is 15.8 Å². The van der Waals surface area contributed by atoms with Gasteiger partial charge in [-0.2, -0.15) is 0 Å². The highest BCUT2D eigenvalue weighted by atomic mass is 16.1. The number of aldehydes is 1. The summed E-state index contributed by atoms with van der Waals surface area (Å²) in [5.41, 5.74) is 19.0. The van der Waals surface area contributed by atoms with Gasteiger partial charge in [-0.15, -0.1) is 0 Å². The van der Waals surface area contributed by atoms with Crippen LogP contribution in [-0.4, -0.2) is 25.4 Å². The molecule has 3 N–H and O–H groups in total. The molecule has 0 fully saturated rings. The molecule has 0 amide bonds. The third-order valence-electron chi connectivity index (χ3n) is 6.70. The largest absolute Gasteiger partial charge is 0.330 e. The number of aryl methyl sites for hydroxylation is 2. The summed E-state index contributed by atoms with van der Waals surface area (Å²) in [4.78, 5) is 9.17. The van der Waals surface area contributed by atoms with Crippen LogP contribution in [0.25, 0.3) is 11.1 Å². The first-order valence-electron chi connectivity index (χ1n) is 12.5. The molecule has 176 valence electrons. The molecule has 0 radical (unpaired) electrons. The number of carbonyl (C=O) groups excluding carboxylic acids is 1. The summed E-state index contributed by atoms with van der Waals surface area (Å²) in [6, 6.07) is 14.2. The van der Waals surface area contributed by atoms with Crippen LogP contribution in [0.3, 0.4) is 0 Å². The van der Waals surface area contributed by atoms with Crippen molar-refractivity contribution < 1.29 is 4.79 Å². The van der Waals surface area contributed by atoms with Crippen molar-refractivity contribution in [2.24, 2.45) is 5.73 Å². The molecule has 2 aliphatic carbocycles. The fraction of sp³-hybridized carbons (Fsp3) is 0.433. The first-order chi connectivity index (χ1) is 16.0. The number of fused-ring (bicyclic) bond motifs is 3. The average molecular weight is 445 g/mol. The molecule has 0 saturated carbocycles. The van der Waals surface area contributed by atoms with E-state index in [2.05, 4.69) is 68.6 Å². The number of nitrogens with two attached hydrogens (primary N) is 1. The van der Waals surface area contributed by atoms with Gasteiger partial charge in [0.2, 0.25) is 0 Å². The third-order valence-corrected chi connectivity index (χ3v) is 6.70. The van der Waals surface area contributed by atoms with Gasteiger partial charge in [0.05, 0.1) is 0 Å². The summed E-state index contributed by atoms with van der Waals surface area (Å²) >= 11 is 0. The Hall–Kier alpha value is -2.49. The van der Waals surface area contributed by atoms with Crippen LogP contribution in [0.5, 0.6) is 0 Å². The van der Waals surface area contributed by atoms with Gasteiger partial charge in [-0.3, -0.25) is 0 Å². The molecule has 0 spiro atoms. The minimum absolute atomic E-state index is 0.622. The highest BCUT2D eigenvalue weighted by Crippen LogP contribution is 2.39. The lowest BCUT2D eigenvalue weighted by Gasteiger charge is -2.25. The molecule has 3 nitrogen and oxygen atoms in total. The number of allylic oxidation sites excluding steroid dienone is 1. The van der Waals surface area contributed by atoms with Crippen molar-refractivity contribution in [2.45, 2.75) is 72.3 Å². The van der Waals surface area contributed by atoms with Gasteiger partial charge in [-0.25, -0.2) is 0 Å². The van der Waals surface area contributed by atoms with Crippen molar-refractivity contribution in [2.75, 3.05) is 13.1 Å². The second-order valence-electron chi connectivity index (χ2n) is 9.21. The van der Waals surface area contributed by atoms with Crippen LogP contribution in [0, 0.1) is 13.8 Å². The second-order valence-corrected chi connectivity index (χ2v) is 9.21. The maximum Gasteiger partial charge on any atom is 0.119 e. The van der Waals surface area contributed by atoms with Crippen molar-refractivity contribution in [1.82, 2.24) is 5.32 Å². The van der Waals surface area contributed by atoms with Crippen LogP contribution in [0.1, 0.15) is 72.9 Å². The van der Waals surface area contributed by atoms with E-state index in [1.54, 1.807) is 16.7 Å². The molecule has 1 aliphatic heterocycles. The Morgan fingerprint density at radius 2 is 1.70 bits per heavy atom. The molecule has 1 atom stereocenters. The Morgan fingerprint density at radius 3 is 2.33 bits per heavy atom. The lowest BCUT2D eigenvalue weighted by Crippen LogP contribution is -2.35. The number of hydrogen-bond acceptors (Lipinski definition) is 3. The zero-order chi connectivity index (χ0) is 23.8. The van der Waals surface area contributed by atoms with Gasteiger partial charge in [0.15, 0.2) is 0 Å². The number of benzene rings is 2. The van der Waals surface area contributed by atoms with Gasteiger partial charge in [-0.05, 0) is 98.0 Å². The Bertz CT molecular complexity index is 1030. The Balaban J connectivity index is 0.000000163. The molecule has 0 bridgehead atoms. The van der Waals surface area contributed by atoms with Crippen LogP contribution in [0.2, 0.25) is 0 Å². The van der Waals surface area contributed by atoms with E-state index in [1.165, 1.54) is 52.7 Å². The Kier molecular flexibility index (Phi) is 9.22. The van der Waals surface area contributed by atoms with Crippen LogP contribution in [0.15, 0.2) is 48.0 Å². The highest BCUT2D eigenvalue weighted by molar-refractivity contribution is 5.78. The molecule has 2 aromatic carbocycles. The van der Waals surface area contributed by atoms with Crippen molar-refractivity contribution in [1.29, 1.82) is 0 Å². The first kappa shape index (κ1) is 25.1. The Morgan fingerprint density at radius 1 is 1.03 bits per heavy atom. The van der Waals surface area contributed by atoms with Crippen molar-refractivity contribution in [3.8, 4) is 0 Å². The molecular weight excluding hydrogens is 404 g/mol. The average Bonchev–Trinajstić information content (AvgIpc) is 3.40. The van der Waals surface area contributed by atoms with E-state index in [0.29, 0.717) is 12.5 Å². The summed E-state index contributed by atoms with van der Waals surface area (Å²) in [6.07, 6.45) is 9.52. The second kappa shape index (κ2) is 12.1. The fourth-order valence-electron chi connectivity index (χ4n) is 5.10. The molecule has 0 aromatic heterocycles. The summed E-state index contributed by atoms with van der Waals surface area (Å²) in [6.45, 7) is 10.3. The minimum atomic E-state index is 0.622. The van der Waals surface area contributed by atoms with Crippen molar-refractivity contribution in [3.63, 3.8) is 0 Å². The van der Waals surface area contributed by atoms with Gasteiger partial charge in [0, 0.05) is 12.5 Å². The molecule has 33 heavy (non-hydrogen) atoms. The summed E-state index contributed by atoms with van der Waals surface area (Å²) in [7, 11) is 0. The van der Waals surface area contributed by atoms with Gasteiger partial charge in [0.1, 0.15) is 6.29 Å². The maximum absolute atomic E-state index is 9.17. The minimum Gasteiger partial charge on any atom is -0.330 e. The predicted molar refractivity (Wildman–Crippen MR) is 141 cm³/mol. The van der Waals surface area contributed by atoms with E-state index < -0.39 is 0 Å². The van der Waals surface area contributed by atoms with Crippen LogP contribution < -0.4 is 11.1 Å². The quantitative estimate of drug-likeness (QED) is 0.573. The van der Waals surface area contributed by atoms with Crippen LogP contribution >= 0.6 is 0 Å². The topological polar surface area (TPSA) is 55.1 Å². The SMILES string of the molecule is CCC1NCCC2=C1Cc1cc(C)ccc12.CCC=O.Cc1ccc2c(c1)CC=C2CCN. The summed E-state index contributed by atoms with van der Waals surface area (Å²) in [5.74, 6) is 0. The van der Waals surface area contributed by atoms with Crippen LogP contribution in [-0.2, 0) is 17.6 Å². The lowest BCUT2D eigenvalue weighted by molar-refractivity contribution is -0.107. The van der Waals surface area contributed by atoms with Gasteiger partial charge in [0.25, 0.3) is 0 Å². The molecular formula is C30H40N2O. The first-order valence-corrected chi connectivity index (χ1v) is 12.5. The van der Waals surface area contributed by atoms with E-state index in [4.69, 9.17) is 5.73 Å². The van der Waals surface area contributed by atoms with E-state index in [0.717, 1.165) is 32.2 Å². The van der Waals surface area contributed by atoms with E-state index >= 15 is 0 Å². The van der Waals surface area contributed by atoms with Gasteiger partial charge >= 0.3 is 0 Å². The molecule has 2 aromatic rings. The van der Waals surface area contributed by atoms with E-state index in [1.807, 2.05) is 6.92 Å². The Labute approximate surface area is 200 Å². The number of rotatable bonds is 4. The number of hydrogen-bond donors (Lipinski definition) is 2. The molecule has 3 heteroatoms. The van der Waals surface area contributed by atoms with Crippen molar-refractivity contribution >= 4 is 17.4 Å². The predicted octanol–water partition coefficient (Wildman–Crippen LogP) is 5.96. The smallest absolute Gasteiger partial charge is 0.119 e. The standard InChI is InChI=1S/C15H19N.C12H15N.C3H6O/c1-3-15-14-9-11-8-10(2)4-5-12(11)13(14)6-7-16-15;1-9-2-5-12-10(6-7-13)3-4-11(12)8-9;1-2-3-4/h4-5,8,15-16H,3,6-7,9H2,1-2H3;2-3,5,8H,4,6-7,13H2,1H3;3H,2H2,1H3. The molecule has 3 aliphatic rings. The zero-order valence-electron chi connectivity index (χ0n) is 20.8. The molecule has 0 saturated heterocycles. The highest BCUT2D eigenvalue weighted by Gasteiger charge is 2.28. The number of nitrogens with one attached hydrogen (secondary N) is 1. The summed E-state index contributed by atoms with van der Waals surface area (Å²) in [5, 5.41) is 3.63. The van der Waals surface area contributed by atoms with Crippen LogP contribution in [0.4, 0.5) is 0 Å². The zero-order valence-corrected chi connectivity index (χ0v) is 20.8. The van der Waals surface area contributed by atoms with Gasteiger partial charge in [-0.1, -0.05) is 67.4 Å².